The summed E-state index contributed by atoms with van der Waals surface area (Å²) in [5, 5.41) is 3.06. The Bertz CT molecular complexity index is 1260. The molecule has 0 atom stereocenters. The molecule has 0 bridgehead atoms. The number of sulfonamides is 1. The van der Waals surface area contributed by atoms with Gasteiger partial charge in [-0.2, -0.15) is 13.2 Å². The van der Waals surface area contributed by atoms with Crippen molar-refractivity contribution in [3.05, 3.63) is 59.2 Å². The Labute approximate surface area is 168 Å². The van der Waals surface area contributed by atoms with Gasteiger partial charge in [-0.05, 0) is 23.6 Å². The maximum absolute atomic E-state index is 12.9. The summed E-state index contributed by atoms with van der Waals surface area (Å²) in [7, 11) is -3.95. The molecule has 29 heavy (non-hydrogen) atoms. The second-order valence-corrected chi connectivity index (χ2v) is 8.48. The summed E-state index contributed by atoms with van der Waals surface area (Å²) < 4.78 is 64.7. The number of halogens is 4. The third-order valence-corrected chi connectivity index (χ3v) is 6.48. The van der Waals surface area contributed by atoms with Crippen LogP contribution in [0.25, 0.3) is 10.8 Å². The minimum absolute atomic E-state index is 0.0871. The highest BCUT2D eigenvalue weighted by atomic mass is 35.5. The highest BCUT2D eigenvalue weighted by Gasteiger charge is 2.37. The van der Waals surface area contributed by atoms with Crippen molar-refractivity contribution in [2.75, 3.05) is 16.2 Å². The smallest absolute Gasteiger partial charge is 0.308 e. The second-order valence-electron chi connectivity index (χ2n) is 6.24. The number of alkyl halides is 3. The third-order valence-electron chi connectivity index (χ3n) is 4.39. The van der Waals surface area contributed by atoms with Gasteiger partial charge in [0.15, 0.2) is 5.82 Å². The van der Waals surface area contributed by atoms with Crippen LogP contribution in [0.2, 0.25) is 5.02 Å². The molecule has 1 aromatic heterocycles. The van der Waals surface area contributed by atoms with Crippen molar-refractivity contribution >= 4 is 49.8 Å². The van der Waals surface area contributed by atoms with Crippen LogP contribution in [-0.2, 0) is 21.0 Å². The summed E-state index contributed by atoms with van der Waals surface area (Å²) in [4.78, 5) is 16.0. The van der Waals surface area contributed by atoms with Gasteiger partial charge < -0.3 is 5.32 Å². The topological polar surface area (TPSA) is 79.4 Å². The first-order valence-corrected chi connectivity index (χ1v) is 9.98. The van der Waals surface area contributed by atoms with Crippen molar-refractivity contribution in [2.45, 2.75) is 11.1 Å². The van der Waals surface area contributed by atoms with Gasteiger partial charge in [-0.3, -0.25) is 9.10 Å². The predicted octanol–water partition coefficient (Wildman–Crippen LogP) is 4.05. The van der Waals surface area contributed by atoms with E-state index in [0.29, 0.717) is 28.7 Å². The van der Waals surface area contributed by atoms with E-state index in [0.717, 1.165) is 4.31 Å². The van der Waals surface area contributed by atoms with Crippen LogP contribution >= 0.6 is 11.6 Å². The summed E-state index contributed by atoms with van der Waals surface area (Å²) in [6.45, 7) is -0.588. The molecule has 11 heteroatoms. The number of carbonyl (C=O) groups is 1. The molecule has 0 aliphatic carbocycles. The molecule has 0 unspecified atom stereocenters. The average molecular weight is 442 g/mol. The zero-order valence-corrected chi connectivity index (χ0v) is 15.9. The first kappa shape index (κ1) is 19.5. The van der Waals surface area contributed by atoms with Crippen LogP contribution in [0.15, 0.2) is 53.6 Å². The molecule has 150 valence electrons. The Morgan fingerprint density at radius 2 is 1.86 bits per heavy atom. The van der Waals surface area contributed by atoms with E-state index in [1.54, 1.807) is 30.3 Å². The summed E-state index contributed by atoms with van der Waals surface area (Å²) in [6, 6.07) is 10.4. The van der Waals surface area contributed by atoms with Crippen LogP contribution in [0.3, 0.4) is 0 Å². The van der Waals surface area contributed by atoms with Gasteiger partial charge in [-0.25, -0.2) is 13.4 Å². The number of benzene rings is 2. The molecule has 2 heterocycles. The van der Waals surface area contributed by atoms with Crippen LogP contribution in [-0.4, -0.2) is 25.9 Å². The number of nitrogens with one attached hydrogen (secondary N) is 1. The lowest BCUT2D eigenvalue weighted by Crippen LogP contribution is -2.35. The Morgan fingerprint density at radius 1 is 1.17 bits per heavy atom. The Balaban J connectivity index is 1.61. The molecule has 0 radical (unpaired) electrons. The largest absolute Gasteiger partial charge is 0.417 e. The number of hydrogen-bond acceptors (Lipinski definition) is 4. The SMILES string of the molecule is O=C(CN1c2cccc3cccc(c23)S1(=O)=O)Nc1ncc(C(F)(F)F)cc1Cl. The molecular formula is C18H11ClF3N3O3S. The van der Waals surface area contributed by atoms with Gasteiger partial charge in [0, 0.05) is 11.6 Å². The van der Waals surface area contributed by atoms with Crippen molar-refractivity contribution in [1.82, 2.24) is 4.98 Å². The first-order chi connectivity index (χ1) is 13.6. The van der Waals surface area contributed by atoms with Gasteiger partial charge in [0.25, 0.3) is 10.0 Å². The van der Waals surface area contributed by atoms with Crippen LogP contribution in [0.4, 0.5) is 24.7 Å². The molecule has 3 aromatic rings. The van der Waals surface area contributed by atoms with E-state index in [9.17, 15) is 26.4 Å². The monoisotopic (exact) mass is 441 g/mol. The van der Waals surface area contributed by atoms with Gasteiger partial charge in [0.05, 0.1) is 21.2 Å². The van der Waals surface area contributed by atoms with Crippen LogP contribution in [0, 0.1) is 0 Å². The fourth-order valence-electron chi connectivity index (χ4n) is 3.12. The second kappa shape index (κ2) is 6.60. The summed E-state index contributed by atoms with van der Waals surface area (Å²) in [5.41, 5.74) is -0.718. The summed E-state index contributed by atoms with van der Waals surface area (Å²) >= 11 is 5.78. The van der Waals surface area contributed by atoms with E-state index in [1.165, 1.54) is 6.07 Å². The third kappa shape index (κ3) is 3.28. The van der Waals surface area contributed by atoms with Gasteiger partial charge >= 0.3 is 6.18 Å². The van der Waals surface area contributed by atoms with E-state index >= 15 is 0 Å². The minimum Gasteiger partial charge on any atom is -0.308 e. The molecule has 1 amide bonds. The van der Waals surface area contributed by atoms with Gasteiger partial charge in [0.1, 0.15) is 6.54 Å². The van der Waals surface area contributed by atoms with Crippen LogP contribution in [0.1, 0.15) is 5.56 Å². The van der Waals surface area contributed by atoms with E-state index in [2.05, 4.69) is 10.3 Å². The van der Waals surface area contributed by atoms with Gasteiger partial charge in [0.2, 0.25) is 5.91 Å². The highest BCUT2D eigenvalue weighted by Crippen LogP contribution is 2.41. The number of hydrogen-bond donors (Lipinski definition) is 1. The number of carbonyl (C=O) groups excluding carboxylic acids is 1. The minimum atomic E-state index is -4.63. The standard InChI is InChI=1S/C18H11ClF3N3O3S/c19-12-7-11(18(20,21)22)8-23-17(12)24-15(26)9-25-13-5-1-3-10-4-2-6-14(16(10)13)29(25,27)28/h1-8H,9H2,(H,23,24,26). The molecule has 0 saturated heterocycles. The van der Waals surface area contributed by atoms with Crippen molar-refractivity contribution in [2.24, 2.45) is 0 Å². The van der Waals surface area contributed by atoms with Crippen LogP contribution in [0.5, 0.6) is 0 Å². The Kier molecular flexibility index (Phi) is 4.43. The number of pyridine rings is 1. The van der Waals surface area contributed by atoms with Crippen molar-refractivity contribution in [3.63, 3.8) is 0 Å². The number of anilines is 2. The number of nitrogens with zero attached hydrogens (tertiary/aromatic N) is 2. The van der Waals surface area contributed by atoms with E-state index in [-0.39, 0.29) is 10.7 Å². The molecule has 2 aromatic carbocycles. The molecule has 1 N–H and O–H groups in total. The van der Waals surface area contributed by atoms with E-state index < -0.39 is 39.2 Å². The maximum atomic E-state index is 12.9. The lowest BCUT2D eigenvalue weighted by atomic mass is 10.1. The van der Waals surface area contributed by atoms with E-state index in [4.69, 9.17) is 11.6 Å². The Morgan fingerprint density at radius 3 is 2.52 bits per heavy atom. The zero-order chi connectivity index (χ0) is 21.0. The molecule has 0 saturated carbocycles. The first-order valence-electron chi connectivity index (χ1n) is 8.16. The molecule has 0 fully saturated rings. The fraction of sp³-hybridized carbons (Fsp3) is 0.111. The number of rotatable bonds is 3. The zero-order valence-electron chi connectivity index (χ0n) is 14.4. The lowest BCUT2D eigenvalue weighted by Gasteiger charge is -2.18. The predicted molar refractivity (Wildman–Crippen MR) is 101 cm³/mol. The van der Waals surface area contributed by atoms with Gasteiger partial charge in [-0.1, -0.05) is 35.9 Å². The molecule has 6 nitrogen and oxygen atoms in total. The molecular weight excluding hydrogens is 431 g/mol. The quantitative estimate of drug-likeness (QED) is 0.665. The van der Waals surface area contributed by atoms with Crippen molar-refractivity contribution in [3.8, 4) is 0 Å². The molecule has 1 aliphatic heterocycles. The fourth-order valence-corrected chi connectivity index (χ4v) is 5.00. The molecule has 4 rings (SSSR count). The maximum Gasteiger partial charge on any atom is 0.417 e. The summed E-state index contributed by atoms with van der Waals surface area (Å²) in [5.74, 6) is -1.09. The summed E-state index contributed by atoms with van der Waals surface area (Å²) in [6.07, 6.45) is -4.10. The van der Waals surface area contributed by atoms with Gasteiger partial charge in [-0.15, -0.1) is 0 Å². The molecule has 0 spiro atoms. The lowest BCUT2D eigenvalue weighted by molar-refractivity contribution is -0.137. The normalized spacial score (nSPS) is 15.0. The van der Waals surface area contributed by atoms with Crippen molar-refractivity contribution < 1.29 is 26.4 Å². The number of amides is 1. The number of aromatic nitrogens is 1. The molecule has 1 aliphatic rings. The van der Waals surface area contributed by atoms with E-state index in [1.807, 2.05) is 0 Å². The van der Waals surface area contributed by atoms with Crippen molar-refractivity contribution in [1.29, 1.82) is 0 Å². The van der Waals surface area contributed by atoms with Crippen LogP contribution < -0.4 is 9.62 Å². The highest BCUT2D eigenvalue weighted by molar-refractivity contribution is 7.93. The Hall–Kier alpha value is -2.85. The average Bonchev–Trinajstić information content (AvgIpc) is 2.86.